The highest BCUT2D eigenvalue weighted by molar-refractivity contribution is 9.10. The molecule has 7 nitrogen and oxygen atoms in total. The van der Waals surface area contributed by atoms with Crippen LogP contribution < -0.4 is 19.1 Å². The van der Waals surface area contributed by atoms with Crippen LogP contribution in [0.15, 0.2) is 70.7 Å². The van der Waals surface area contributed by atoms with E-state index in [9.17, 15) is 14.7 Å². The van der Waals surface area contributed by atoms with E-state index in [-0.39, 0.29) is 11.3 Å². The molecule has 0 saturated carbocycles. The fourth-order valence-corrected chi connectivity index (χ4v) is 4.58. The molecule has 1 saturated heterocycles. The molecule has 3 aromatic rings. The Kier molecular flexibility index (Phi) is 5.98. The van der Waals surface area contributed by atoms with Crippen molar-refractivity contribution in [2.75, 3.05) is 25.2 Å². The van der Waals surface area contributed by atoms with Crippen LogP contribution in [0.2, 0.25) is 0 Å². The molecule has 0 radical (unpaired) electrons. The monoisotopic (exact) mass is 535 g/mol. The van der Waals surface area contributed by atoms with Gasteiger partial charge in [0.15, 0.2) is 11.5 Å². The number of aliphatic hydroxyl groups is 1. The minimum Gasteiger partial charge on any atom is -0.507 e. The van der Waals surface area contributed by atoms with E-state index in [0.717, 1.165) is 10.0 Å². The zero-order valence-electron chi connectivity index (χ0n) is 19.1. The van der Waals surface area contributed by atoms with E-state index < -0.39 is 17.7 Å². The first-order valence-corrected chi connectivity index (χ1v) is 11.8. The van der Waals surface area contributed by atoms with Gasteiger partial charge in [-0.25, -0.2) is 0 Å². The van der Waals surface area contributed by atoms with Crippen LogP contribution >= 0.6 is 15.9 Å². The van der Waals surface area contributed by atoms with Crippen molar-refractivity contribution in [2.24, 2.45) is 0 Å². The van der Waals surface area contributed by atoms with E-state index in [4.69, 9.17) is 14.2 Å². The highest BCUT2D eigenvalue weighted by atomic mass is 79.9. The number of carbonyl (C=O) groups is 2. The molecule has 35 heavy (non-hydrogen) atoms. The summed E-state index contributed by atoms with van der Waals surface area (Å²) in [5.41, 5.74) is 2.45. The normalized spacial score (nSPS) is 18.6. The summed E-state index contributed by atoms with van der Waals surface area (Å²) in [5.74, 6) is -0.0411. The van der Waals surface area contributed by atoms with Crippen LogP contribution in [0.1, 0.15) is 22.7 Å². The number of hydrogen-bond acceptors (Lipinski definition) is 6. The van der Waals surface area contributed by atoms with E-state index in [1.54, 1.807) is 67.8 Å². The van der Waals surface area contributed by atoms with Crippen LogP contribution in [0.5, 0.6) is 17.2 Å². The van der Waals surface area contributed by atoms with Crippen LogP contribution in [0.4, 0.5) is 5.69 Å². The number of Topliss-reactive ketones (excluding diaryl/α,β-unsaturated/α-hetero) is 1. The maximum absolute atomic E-state index is 13.4. The molecule has 1 unspecified atom stereocenters. The fraction of sp³-hybridized carbons (Fsp3) is 0.185. The lowest BCUT2D eigenvalue weighted by Crippen LogP contribution is -2.29. The van der Waals surface area contributed by atoms with Crippen LogP contribution in [0.25, 0.3) is 5.76 Å². The quantitative estimate of drug-likeness (QED) is 0.282. The number of fused-ring (bicyclic) bond motifs is 1. The molecule has 178 valence electrons. The average Bonchev–Trinajstić information content (AvgIpc) is 3.15. The zero-order valence-corrected chi connectivity index (χ0v) is 20.7. The van der Waals surface area contributed by atoms with Gasteiger partial charge in [-0.15, -0.1) is 0 Å². The van der Waals surface area contributed by atoms with Crippen LogP contribution in [-0.4, -0.2) is 37.1 Å². The molecular weight excluding hydrogens is 514 g/mol. The number of amides is 1. The van der Waals surface area contributed by atoms with Gasteiger partial charge in [0, 0.05) is 21.8 Å². The third-order valence-corrected chi connectivity index (χ3v) is 7.00. The number of anilines is 1. The van der Waals surface area contributed by atoms with Gasteiger partial charge >= 0.3 is 0 Å². The Morgan fingerprint density at radius 3 is 2.40 bits per heavy atom. The van der Waals surface area contributed by atoms with Crippen molar-refractivity contribution in [1.82, 2.24) is 0 Å². The van der Waals surface area contributed by atoms with E-state index >= 15 is 0 Å². The van der Waals surface area contributed by atoms with Crippen molar-refractivity contribution in [1.29, 1.82) is 0 Å². The van der Waals surface area contributed by atoms with Crippen molar-refractivity contribution in [3.63, 3.8) is 0 Å². The predicted molar refractivity (Wildman–Crippen MR) is 134 cm³/mol. The highest BCUT2D eigenvalue weighted by Crippen LogP contribution is 2.45. The van der Waals surface area contributed by atoms with Crippen molar-refractivity contribution < 1.29 is 28.9 Å². The van der Waals surface area contributed by atoms with Gasteiger partial charge in [-0.05, 0) is 54.4 Å². The lowest BCUT2D eigenvalue weighted by molar-refractivity contribution is -0.132. The maximum Gasteiger partial charge on any atom is 0.300 e. The Labute approximate surface area is 210 Å². The molecule has 0 bridgehead atoms. The summed E-state index contributed by atoms with van der Waals surface area (Å²) in [6.07, 6.45) is 0. The second-order valence-corrected chi connectivity index (χ2v) is 9.09. The largest absolute Gasteiger partial charge is 0.507 e. The van der Waals surface area contributed by atoms with Crippen molar-refractivity contribution in [2.45, 2.75) is 13.0 Å². The second-order valence-electron chi connectivity index (χ2n) is 8.23. The molecule has 1 fully saturated rings. The van der Waals surface area contributed by atoms with Gasteiger partial charge in [0.05, 0.1) is 18.7 Å². The first-order valence-electron chi connectivity index (χ1n) is 11.0. The standard InChI is InChI=1S/C27H22BrNO6/c1-15-13-17(5-9-20(15)28)25(30)23-24(16-3-7-19(33-2)8-4-16)29(27(32)26(23)31)18-6-10-21-22(14-18)35-12-11-34-21/h3-10,13-14,24,30H,11-12H2,1-2H3/b25-23+. The molecule has 1 atom stereocenters. The maximum atomic E-state index is 13.4. The molecule has 8 heteroatoms. The number of carbonyl (C=O) groups excluding carboxylic acids is 2. The van der Waals surface area contributed by atoms with E-state index in [1.165, 1.54) is 4.90 Å². The Hall–Kier alpha value is -3.78. The fourth-order valence-electron chi connectivity index (χ4n) is 4.33. The number of aliphatic hydroxyl groups excluding tert-OH is 1. The Morgan fingerprint density at radius 1 is 1.00 bits per heavy atom. The number of benzene rings is 3. The van der Waals surface area contributed by atoms with Crippen molar-refractivity contribution >= 4 is 39.1 Å². The highest BCUT2D eigenvalue weighted by Gasteiger charge is 2.47. The minimum atomic E-state index is -0.854. The first-order chi connectivity index (χ1) is 16.9. The Morgan fingerprint density at radius 2 is 1.71 bits per heavy atom. The number of methoxy groups -OCH3 is 1. The van der Waals surface area contributed by atoms with Crippen molar-refractivity contribution in [3.8, 4) is 17.2 Å². The summed E-state index contributed by atoms with van der Waals surface area (Å²) in [7, 11) is 1.56. The van der Waals surface area contributed by atoms with E-state index in [2.05, 4.69) is 15.9 Å². The Bertz CT molecular complexity index is 1360. The van der Waals surface area contributed by atoms with Gasteiger partial charge in [0.2, 0.25) is 0 Å². The van der Waals surface area contributed by atoms with Crippen molar-refractivity contribution in [3.05, 3.63) is 87.4 Å². The molecule has 1 amide bonds. The molecule has 0 spiro atoms. The number of hydrogen-bond donors (Lipinski definition) is 1. The summed E-state index contributed by atoms with van der Waals surface area (Å²) in [6.45, 7) is 2.71. The Balaban J connectivity index is 1.69. The van der Waals surface area contributed by atoms with Gasteiger partial charge in [0.1, 0.15) is 24.7 Å². The lowest BCUT2D eigenvalue weighted by Gasteiger charge is -2.27. The summed E-state index contributed by atoms with van der Waals surface area (Å²) in [4.78, 5) is 28.1. The van der Waals surface area contributed by atoms with Crippen LogP contribution in [0.3, 0.4) is 0 Å². The van der Waals surface area contributed by atoms with Gasteiger partial charge in [0.25, 0.3) is 11.7 Å². The summed E-state index contributed by atoms with van der Waals surface area (Å²) in [6, 6.07) is 16.6. The van der Waals surface area contributed by atoms with E-state index in [1.807, 2.05) is 6.92 Å². The second kappa shape index (κ2) is 9.11. The topological polar surface area (TPSA) is 85.3 Å². The number of nitrogens with zero attached hydrogens (tertiary/aromatic N) is 1. The molecule has 5 rings (SSSR count). The summed E-state index contributed by atoms with van der Waals surface area (Å²) < 4.78 is 17.4. The van der Waals surface area contributed by atoms with Gasteiger partial charge < -0.3 is 19.3 Å². The number of ketones is 1. The number of ether oxygens (including phenoxy) is 3. The number of rotatable bonds is 4. The van der Waals surface area contributed by atoms with Gasteiger partial charge in [-0.3, -0.25) is 14.5 Å². The predicted octanol–water partition coefficient (Wildman–Crippen LogP) is 5.16. The molecule has 2 aliphatic heterocycles. The SMILES string of the molecule is COc1ccc(C2/C(=C(\O)c3ccc(Br)c(C)c3)C(=O)C(=O)N2c2ccc3c(c2)OCCO3)cc1. The van der Waals surface area contributed by atoms with E-state index in [0.29, 0.717) is 47.3 Å². The average molecular weight is 536 g/mol. The lowest BCUT2D eigenvalue weighted by atomic mass is 9.94. The first kappa shape index (κ1) is 23.0. The number of aryl methyl sites for hydroxylation is 1. The molecular formula is C27H22BrNO6. The minimum absolute atomic E-state index is 0.0109. The third-order valence-electron chi connectivity index (χ3n) is 6.11. The molecule has 2 aliphatic rings. The number of halogens is 1. The third kappa shape index (κ3) is 4.04. The molecule has 0 aliphatic carbocycles. The van der Waals surface area contributed by atoms with Crippen LogP contribution in [0, 0.1) is 6.92 Å². The summed E-state index contributed by atoms with van der Waals surface area (Å²) >= 11 is 3.45. The van der Waals surface area contributed by atoms with Crippen LogP contribution in [-0.2, 0) is 9.59 Å². The van der Waals surface area contributed by atoms with Gasteiger partial charge in [-0.1, -0.05) is 34.1 Å². The molecule has 3 aromatic carbocycles. The molecule has 1 N–H and O–H groups in total. The smallest absolute Gasteiger partial charge is 0.300 e. The molecule has 2 heterocycles. The summed E-state index contributed by atoms with van der Waals surface area (Å²) in [5, 5.41) is 11.3. The zero-order chi connectivity index (χ0) is 24.7. The van der Waals surface area contributed by atoms with Gasteiger partial charge in [-0.2, -0.15) is 0 Å². The molecule has 0 aromatic heterocycles.